The van der Waals surface area contributed by atoms with Crippen molar-refractivity contribution in [1.82, 2.24) is 10.6 Å². The maximum Gasteiger partial charge on any atom is 0.312 e. The van der Waals surface area contributed by atoms with E-state index < -0.39 is 23.9 Å². The van der Waals surface area contributed by atoms with Crippen LogP contribution in [0.1, 0.15) is 12.8 Å². The number of urea groups is 1. The second-order valence-electron chi connectivity index (χ2n) is 3.12. The molecule has 92 valence electrons. The minimum Gasteiger partial charge on any atom is -0.481 e. The van der Waals surface area contributed by atoms with Crippen molar-refractivity contribution in [3.05, 3.63) is 0 Å². The minimum absolute atomic E-state index is 0.0738. The van der Waals surface area contributed by atoms with Crippen molar-refractivity contribution in [2.24, 2.45) is 11.5 Å². The maximum atomic E-state index is 11.2. The van der Waals surface area contributed by atoms with E-state index in [1.54, 1.807) is 0 Å². The normalized spacial score (nSPS) is 11.6. The third-order valence-corrected chi connectivity index (χ3v) is 1.73. The number of nitrogens with one attached hydrogen (secondary N) is 2. The van der Waals surface area contributed by atoms with Crippen LogP contribution in [-0.4, -0.2) is 42.1 Å². The van der Waals surface area contributed by atoms with Crippen LogP contribution in [0.25, 0.3) is 0 Å². The smallest absolute Gasteiger partial charge is 0.312 e. The molecular formula is C8H16N4O4. The lowest BCUT2D eigenvalue weighted by molar-refractivity contribution is -0.137. The summed E-state index contributed by atoms with van der Waals surface area (Å²) in [5, 5.41) is 13.1. The van der Waals surface area contributed by atoms with Crippen LogP contribution in [0, 0.1) is 0 Å². The highest BCUT2D eigenvalue weighted by Crippen LogP contribution is 1.94. The lowest BCUT2D eigenvalue weighted by Gasteiger charge is -2.10. The van der Waals surface area contributed by atoms with E-state index in [0.717, 1.165) is 0 Å². The first-order valence-corrected chi connectivity index (χ1v) is 4.72. The first-order valence-electron chi connectivity index (χ1n) is 4.72. The molecule has 0 aromatic carbocycles. The van der Waals surface area contributed by atoms with Crippen LogP contribution in [0.4, 0.5) is 4.79 Å². The van der Waals surface area contributed by atoms with Gasteiger partial charge in [-0.2, -0.15) is 0 Å². The van der Waals surface area contributed by atoms with Crippen LogP contribution >= 0.6 is 0 Å². The van der Waals surface area contributed by atoms with Gasteiger partial charge in [0.25, 0.3) is 0 Å². The standard InChI is InChI=1S/C8H16N4O4/c9-5(1-2-6(13)14)7(15)11-3-4-12-8(10)16/h5H,1-4,9H2,(H,11,15)(H,13,14)(H3,10,12,16). The number of aliphatic carboxylic acids is 1. The maximum absolute atomic E-state index is 11.2. The van der Waals surface area contributed by atoms with Crippen molar-refractivity contribution in [2.45, 2.75) is 18.9 Å². The fourth-order valence-corrected chi connectivity index (χ4v) is 0.913. The lowest BCUT2D eigenvalue weighted by atomic mass is 10.1. The second kappa shape index (κ2) is 7.46. The summed E-state index contributed by atoms with van der Waals surface area (Å²) in [6, 6.07) is -1.53. The molecule has 0 heterocycles. The van der Waals surface area contributed by atoms with Gasteiger partial charge in [0.15, 0.2) is 0 Å². The van der Waals surface area contributed by atoms with Gasteiger partial charge in [0.05, 0.1) is 6.04 Å². The largest absolute Gasteiger partial charge is 0.481 e. The van der Waals surface area contributed by atoms with E-state index in [1.165, 1.54) is 0 Å². The third-order valence-electron chi connectivity index (χ3n) is 1.73. The van der Waals surface area contributed by atoms with Gasteiger partial charge in [0, 0.05) is 19.5 Å². The number of carboxylic acid groups (broad SMARTS) is 1. The minimum atomic E-state index is -1.00. The Balaban J connectivity index is 3.62. The van der Waals surface area contributed by atoms with Crippen molar-refractivity contribution in [1.29, 1.82) is 0 Å². The highest BCUT2D eigenvalue weighted by Gasteiger charge is 2.13. The summed E-state index contributed by atoms with van der Waals surface area (Å²) >= 11 is 0. The van der Waals surface area contributed by atoms with Gasteiger partial charge in [-0.1, -0.05) is 0 Å². The monoisotopic (exact) mass is 232 g/mol. The average Bonchev–Trinajstić information content (AvgIpc) is 2.20. The number of carbonyl (C=O) groups excluding carboxylic acids is 2. The molecule has 0 saturated carbocycles. The van der Waals surface area contributed by atoms with Gasteiger partial charge in [-0.25, -0.2) is 4.79 Å². The second-order valence-corrected chi connectivity index (χ2v) is 3.12. The zero-order chi connectivity index (χ0) is 12.6. The lowest BCUT2D eigenvalue weighted by Crippen LogP contribution is -2.44. The predicted molar refractivity (Wildman–Crippen MR) is 55.4 cm³/mol. The van der Waals surface area contributed by atoms with Crippen molar-refractivity contribution in [2.75, 3.05) is 13.1 Å². The van der Waals surface area contributed by atoms with E-state index >= 15 is 0 Å². The Labute approximate surface area is 92.4 Å². The van der Waals surface area contributed by atoms with Gasteiger partial charge in [-0.3, -0.25) is 9.59 Å². The van der Waals surface area contributed by atoms with Crippen molar-refractivity contribution in [3.8, 4) is 0 Å². The summed E-state index contributed by atoms with van der Waals surface area (Å²) in [5.41, 5.74) is 10.2. The van der Waals surface area contributed by atoms with Gasteiger partial charge < -0.3 is 27.2 Å². The molecule has 0 aliphatic heterocycles. The van der Waals surface area contributed by atoms with Gasteiger partial charge >= 0.3 is 12.0 Å². The summed E-state index contributed by atoms with van der Waals surface area (Å²) in [5.74, 6) is -1.45. The summed E-state index contributed by atoms with van der Waals surface area (Å²) in [6.45, 7) is 0.398. The van der Waals surface area contributed by atoms with Crippen molar-refractivity contribution >= 4 is 17.9 Å². The van der Waals surface area contributed by atoms with Gasteiger partial charge in [-0.15, -0.1) is 0 Å². The van der Waals surface area contributed by atoms with Gasteiger partial charge in [0.2, 0.25) is 5.91 Å². The van der Waals surface area contributed by atoms with E-state index in [0.29, 0.717) is 0 Å². The molecule has 0 rings (SSSR count). The van der Waals surface area contributed by atoms with Gasteiger partial charge in [0.1, 0.15) is 0 Å². The van der Waals surface area contributed by atoms with E-state index in [4.69, 9.17) is 16.6 Å². The van der Waals surface area contributed by atoms with Crippen LogP contribution in [0.5, 0.6) is 0 Å². The fraction of sp³-hybridized carbons (Fsp3) is 0.625. The molecule has 3 amide bonds. The van der Waals surface area contributed by atoms with Crippen LogP contribution in [0.15, 0.2) is 0 Å². The Morgan fingerprint density at radius 3 is 2.25 bits per heavy atom. The molecule has 1 unspecified atom stereocenters. The molecule has 0 aromatic heterocycles. The molecular weight excluding hydrogens is 216 g/mol. The number of carboxylic acids is 1. The molecule has 7 N–H and O–H groups in total. The Bertz CT molecular complexity index is 269. The molecule has 0 saturated heterocycles. The molecule has 0 aliphatic rings. The zero-order valence-electron chi connectivity index (χ0n) is 8.73. The van der Waals surface area contributed by atoms with Crippen LogP contribution in [-0.2, 0) is 9.59 Å². The quantitative estimate of drug-likeness (QED) is 0.321. The molecule has 0 aromatic rings. The Morgan fingerprint density at radius 2 is 1.75 bits per heavy atom. The van der Waals surface area contributed by atoms with E-state index in [2.05, 4.69) is 10.6 Å². The number of carbonyl (C=O) groups is 3. The SMILES string of the molecule is NC(=O)NCCNC(=O)C(N)CCC(=O)O. The number of rotatable bonds is 7. The van der Waals surface area contributed by atoms with Crippen molar-refractivity contribution in [3.63, 3.8) is 0 Å². The number of hydrogen-bond acceptors (Lipinski definition) is 4. The first kappa shape index (κ1) is 14.2. The Kier molecular flexibility index (Phi) is 6.61. The van der Waals surface area contributed by atoms with Crippen LogP contribution in [0.3, 0.4) is 0 Å². The molecule has 8 nitrogen and oxygen atoms in total. The number of primary amides is 1. The van der Waals surface area contributed by atoms with E-state index in [-0.39, 0.29) is 25.9 Å². The average molecular weight is 232 g/mol. The van der Waals surface area contributed by atoms with Gasteiger partial charge in [-0.05, 0) is 6.42 Å². The molecule has 1 atom stereocenters. The fourth-order valence-electron chi connectivity index (χ4n) is 0.913. The highest BCUT2D eigenvalue weighted by atomic mass is 16.4. The molecule has 0 aliphatic carbocycles. The number of amides is 3. The summed E-state index contributed by atoms with van der Waals surface area (Å²) in [7, 11) is 0. The van der Waals surface area contributed by atoms with E-state index in [1.807, 2.05) is 0 Å². The van der Waals surface area contributed by atoms with Crippen molar-refractivity contribution < 1.29 is 19.5 Å². The summed E-state index contributed by atoms with van der Waals surface area (Å²) in [6.07, 6.45) is -0.0848. The Morgan fingerprint density at radius 1 is 1.19 bits per heavy atom. The first-order chi connectivity index (χ1) is 7.43. The van der Waals surface area contributed by atoms with Crippen LogP contribution in [0.2, 0.25) is 0 Å². The molecule has 0 bridgehead atoms. The number of hydrogen-bond donors (Lipinski definition) is 5. The number of nitrogens with two attached hydrogens (primary N) is 2. The molecule has 0 spiro atoms. The Hall–Kier alpha value is -1.83. The predicted octanol–water partition coefficient (Wildman–Crippen LogP) is -2.04. The highest BCUT2D eigenvalue weighted by molar-refractivity contribution is 5.82. The third kappa shape index (κ3) is 7.56. The molecule has 0 radical (unpaired) electrons. The molecule has 0 fully saturated rings. The topological polar surface area (TPSA) is 148 Å². The summed E-state index contributed by atoms with van der Waals surface area (Å²) in [4.78, 5) is 31.7. The molecule has 8 heteroatoms. The molecule has 16 heavy (non-hydrogen) atoms. The summed E-state index contributed by atoms with van der Waals surface area (Å²) < 4.78 is 0. The zero-order valence-corrected chi connectivity index (χ0v) is 8.73. The van der Waals surface area contributed by atoms with Crippen LogP contribution < -0.4 is 22.1 Å². The van der Waals surface area contributed by atoms with E-state index in [9.17, 15) is 14.4 Å².